The first kappa shape index (κ1) is 15.4. The average Bonchev–Trinajstić information content (AvgIpc) is 2.79. The highest BCUT2D eigenvalue weighted by Gasteiger charge is 2.30. The van der Waals surface area contributed by atoms with Crippen LogP contribution in [0.2, 0.25) is 0 Å². The average molecular weight is 256 g/mol. The van der Waals surface area contributed by atoms with Gasteiger partial charge in [0.15, 0.2) is 0 Å². The lowest BCUT2D eigenvalue weighted by molar-refractivity contribution is -0.133. The Balaban J connectivity index is 2.37. The number of rotatable bonds is 8. The summed E-state index contributed by atoms with van der Waals surface area (Å²) in [5.74, 6) is 0.171. The van der Waals surface area contributed by atoms with Gasteiger partial charge in [-0.05, 0) is 25.7 Å². The van der Waals surface area contributed by atoms with Crippen molar-refractivity contribution < 1.29 is 9.90 Å². The summed E-state index contributed by atoms with van der Waals surface area (Å²) in [6.07, 6.45) is 6.70. The maximum atomic E-state index is 12.3. The number of aliphatic hydroxyl groups excluding tert-OH is 1. The predicted molar refractivity (Wildman–Crippen MR) is 73.2 cm³/mol. The molecule has 106 valence electrons. The number of carbonyl (C=O) groups is 1. The zero-order valence-corrected chi connectivity index (χ0v) is 11.8. The second-order valence-corrected chi connectivity index (χ2v) is 5.20. The summed E-state index contributed by atoms with van der Waals surface area (Å²) in [5, 5.41) is 12.4. The fourth-order valence-corrected chi connectivity index (χ4v) is 2.47. The number of amides is 1. The lowest BCUT2D eigenvalue weighted by Crippen LogP contribution is -2.45. The van der Waals surface area contributed by atoms with E-state index in [0.29, 0.717) is 6.42 Å². The Bertz CT molecular complexity index is 246. The van der Waals surface area contributed by atoms with E-state index in [9.17, 15) is 9.90 Å². The van der Waals surface area contributed by atoms with Crippen molar-refractivity contribution in [3.05, 3.63) is 0 Å². The van der Waals surface area contributed by atoms with E-state index >= 15 is 0 Å². The maximum absolute atomic E-state index is 12.3. The van der Waals surface area contributed by atoms with E-state index in [-0.39, 0.29) is 11.9 Å². The van der Waals surface area contributed by atoms with Crippen molar-refractivity contribution in [2.45, 2.75) is 71.1 Å². The van der Waals surface area contributed by atoms with Crippen LogP contribution in [0, 0.1) is 0 Å². The number of aliphatic hydroxyl groups is 1. The van der Waals surface area contributed by atoms with Gasteiger partial charge in [0.1, 0.15) is 6.23 Å². The fourth-order valence-electron chi connectivity index (χ4n) is 2.47. The zero-order chi connectivity index (χ0) is 13.4. The van der Waals surface area contributed by atoms with Crippen molar-refractivity contribution in [1.82, 2.24) is 10.2 Å². The third-order valence-corrected chi connectivity index (χ3v) is 3.51. The van der Waals surface area contributed by atoms with Gasteiger partial charge in [-0.1, -0.05) is 33.1 Å². The van der Waals surface area contributed by atoms with Crippen molar-refractivity contribution in [2.24, 2.45) is 0 Å². The van der Waals surface area contributed by atoms with E-state index in [1.165, 1.54) is 19.3 Å². The van der Waals surface area contributed by atoms with Gasteiger partial charge >= 0.3 is 0 Å². The van der Waals surface area contributed by atoms with E-state index in [4.69, 9.17) is 0 Å². The van der Waals surface area contributed by atoms with E-state index < -0.39 is 6.23 Å². The molecule has 0 aromatic rings. The molecular weight excluding hydrogens is 228 g/mol. The molecule has 0 bridgehead atoms. The summed E-state index contributed by atoms with van der Waals surface area (Å²) in [6, 6.07) is -0.169. The molecule has 1 aliphatic rings. The highest BCUT2D eigenvalue weighted by atomic mass is 16.3. The molecule has 2 N–H and O–H groups in total. The van der Waals surface area contributed by atoms with Gasteiger partial charge in [-0.3, -0.25) is 10.1 Å². The molecule has 0 aromatic carbocycles. The topological polar surface area (TPSA) is 52.6 Å². The molecule has 0 spiro atoms. The molecule has 1 saturated heterocycles. The zero-order valence-electron chi connectivity index (χ0n) is 11.8. The second kappa shape index (κ2) is 8.48. The van der Waals surface area contributed by atoms with Gasteiger partial charge in [0.05, 0.1) is 6.04 Å². The molecule has 0 aromatic heterocycles. The van der Waals surface area contributed by atoms with Crippen LogP contribution in [0.3, 0.4) is 0 Å². The monoisotopic (exact) mass is 256 g/mol. The first-order chi connectivity index (χ1) is 8.69. The van der Waals surface area contributed by atoms with Gasteiger partial charge < -0.3 is 10.0 Å². The lowest BCUT2D eigenvalue weighted by atomic mass is 10.1. The molecule has 0 radical (unpaired) electrons. The largest absolute Gasteiger partial charge is 0.379 e. The summed E-state index contributed by atoms with van der Waals surface area (Å²) in [5.41, 5.74) is 0. The molecule has 0 saturated carbocycles. The van der Waals surface area contributed by atoms with Crippen molar-refractivity contribution in [2.75, 3.05) is 13.1 Å². The second-order valence-electron chi connectivity index (χ2n) is 5.20. The van der Waals surface area contributed by atoms with Crippen LogP contribution in [0.4, 0.5) is 0 Å². The van der Waals surface area contributed by atoms with E-state index in [1.54, 1.807) is 0 Å². The summed E-state index contributed by atoms with van der Waals surface area (Å²) >= 11 is 0. The molecule has 4 nitrogen and oxygen atoms in total. The Morgan fingerprint density at radius 1 is 1.17 bits per heavy atom. The van der Waals surface area contributed by atoms with Gasteiger partial charge in [0.25, 0.3) is 0 Å². The number of nitrogens with one attached hydrogen (secondary N) is 1. The highest BCUT2D eigenvalue weighted by Crippen LogP contribution is 2.14. The molecule has 1 unspecified atom stereocenters. The number of hydrogen-bond acceptors (Lipinski definition) is 3. The SMILES string of the molecule is CCCCCCN(CCC)C(=O)[C@@H]1CCC(O)N1. The maximum Gasteiger partial charge on any atom is 0.239 e. The van der Waals surface area contributed by atoms with Crippen molar-refractivity contribution in [3.8, 4) is 0 Å². The Hall–Kier alpha value is -0.610. The number of hydrogen-bond donors (Lipinski definition) is 2. The van der Waals surface area contributed by atoms with Crippen LogP contribution >= 0.6 is 0 Å². The van der Waals surface area contributed by atoms with Crippen LogP contribution < -0.4 is 5.32 Å². The Morgan fingerprint density at radius 3 is 2.50 bits per heavy atom. The third kappa shape index (κ3) is 4.94. The normalized spacial score (nSPS) is 23.3. The van der Waals surface area contributed by atoms with Gasteiger partial charge in [-0.2, -0.15) is 0 Å². The number of nitrogens with zero attached hydrogens (tertiary/aromatic N) is 1. The lowest BCUT2D eigenvalue weighted by Gasteiger charge is -2.25. The quantitative estimate of drug-likeness (QED) is 0.652. The van der Waals surface area contributed by atoms with Gasteiger partial charge in [0, 0.05) is 13.1 Å². The number of unbranched alkanes of at least 4 members (excludes halogenated alkanes) is 3. The molecule has 1 rings (SSSR count). The molecule has 1 aliphatic heterocycles. The van der Waals surface area contributed by atoms with E-state index in [2.05, 4.69) is 19.2 Å². The standard InChI is InChI=1S/C14H28N2O2/c1-3-5-6-7-11-16(10-4-2)14(18)12-8-9-13(17)15-12/h12-13,15,17H,3-11H2,1-2H3/t12-,13?/m0/s1. The van der Waals surface area contributed by atoms with Crippen molar-refractivity contribution >= 4 is 5.91 Å². The molecule has 2 atom stereocenters. The van der Waals surface area contributed by atoms with Crippen LogP contribution in [0.15, 0.2) is 0 Å². The minimum absolute atomic E-state index is 0.169. The predicted octanol–water partition coefficient (Wildman–Crippen LogP) is 1.88. The van der Waals surface area contributed by atoms with Gasteiger partial charge in [-0.25, -0.2) is 0 Å². The van der Waals surface area contributed by atoms with Crippen LogP contribution in [-0.4, -0.2) is 41.3 Å². The Labute approximate surface area is 111 Å². The summed E-state index contributed by atoms with van der Waals surface area (Å²) < 4.78 is 0. The van der Waals surface area contributed by atoms with Crippen LogP contribution in [-0.2, 0) is 4.79 Å². The van der Waals surface area contributed by atoms with Crippen LogP contribution in [0.5, 0.6) is 0 Å². The van der Waals surface area contributed by atoms with Gasteiger partial charge in [0.2, 0.25) is 5.91 Å². The summed E-state index contributed by atoms with van der Waals surface area (Å²) in [7, 11) is 0. The first-order valence-electron chi connectivity index (χ1n) is 7.42. The summed E-state index contributed by atoms with van der Waals surface area (Å²) in [6.45, 7) is 5.99. The highest BCUT2D eigenvalue weighted by molar-refractivity contribution is 5.82. The minimum atomic E-state index is -0.498. The molecule has 1 fully saturated rings. The number of carbonyl (C=O) groups excluding carboxylic acids is 1. The Morgan fingerprint density at radius 2 is 1.94 bits per heavy atom. The van der Waals surface area contributed by atoms with Gasteiger partial charge in [-0.15, -0.1) is 0 Å². The van der Waals surface area contributed by atoms with E-state index in [1.807, 2.05) is 4.90 Å². The molecular formula is C14H28N2O2. The molecule has 18 heavy (non-hydrogen) atoms. The molecule has 1 amide bonds. The van der Waals surface area contributed by atoms with Crippen LogP contribution in [0.25, 0.3) is 0 Å². The van der Waals surface area contributed by atoms with Crippen molar-refractivity contribution in [1.29, 1.82) is 0 Å². The molecule has 1 heterocycles. The van der Waals surface area contributed by atoms with Crippen molar-refractivity contribution in [3.63, 3.8) is 0 Å². The molecule has 4 heteroatoms. The first-order valence-corrected chi connectivity index (χ1v) is 7.42. The Kier molecular flexibility index (Phi) is 7.28. The van der Waals surface area contributed by atoms with Crippen LogP contribution in [0.1, 0.15) is 58.8 Å². The smallest absolute Gasteiger partial charge is 0.239 e. The third-order valence-electron chi connectivity index (χ3n) is 3.51. The fraction of sp³-hybridized carbons (Fsp3) is 0.929. The minimum Gasteiger partial charge on any atom is -0.379 e. The van der Waals surface area contributed by atoms with E-state index in [0.717, 1.165) is 32.4 Å². The summed E-state index contributed by atoms with van der Waals surface area (Å²) in [4.78, 5) is 14.3. The molecule has 0 aliphatic carbocycles.